The Kier molecular flexibility index (Phi) is 5.67. The van der Waals surface area contributed by atoms with Gasteiger partial charge in [0.05, 0.1) is 0 Å². The summed E-state index contributed by atoms with van der Waals surface area (Å²) in [6.07, 6.45) is -4.33. The van der Waals surface area contributed by atoms with Gasteiger partial charge >= 0.3 is 6.18 Å². The van der Waals surface area contributed by atoms with Crippen molar-refractivity contribution in [2.75, 3.05) is 13.2 Å². The molecule has 2 nitrogen and oxygen atoms in total. The van der Waals surface area contributed by atoms with Crippen LogP contribution in [0.3, 0.4) is 0 Å². The standard InChI is InChI=1S/C13H17BrF3NO/c1-8(2)11-5-10(14)3-4-12(11)19-7-9(6-18)13(15,16)17/h3-5,8-9H,6-7,18H2,1-2H3. The number of rotatable bonds is 5. The second-order valence-corrected chi connectivity index (χ2v) is 5.54. The molecule has 0 aliphatic rings. The molecule has 0 saturated heterocycles. The number of ether oxygens (including phenoxy) is 1. The molecule has 1 aromatic carbocycles. The van der Waals surface area contributed by atoms with E-state index in [0.717, 1.165) is 10.0 Å². The highest BCUT2D eigenvalue weighted by atomic mass is 79.9. The first kappa shape index (κ1) is 16.3. The van der Waals surface area contributed by atoms with E-state index in [0.29, 0.717) is 5.75 Å². The maximum Gasteiger partial charge on any atom is 0.396 e. The molecule has 1 atom stereocenters. The number of hydrogen-bond acceptors (Lipinski definition) is 2. The van der Waals surface area contributed by atoms with Crippen molar-refractivity contribution in [1.82, 2.24) is 0 Å². The second kappa shape index (κ2) is 6.61. The van der Waals surface area contributed by atoms with Crippen molar-refractivity contribution in [3.8, 4) is 5.75 Å². The Labute approximate surface area is 119 Å². The maximum absolute atomic E-state index is 12.6. The minimum Gasteiger partial charge on any atom is -0.493 e. The average molecular weight is 340 g/mol. The quantitative estimate of drug-likeness (QED) is 0.876. The summed E-state index contributed by atoms with van der Waals surface area (Å²) in [7, 11) is 0. The predicted molar refractivity (Wildman–Crippen MR) is 72.3 cm³/mol. The zero-order valence-electron chi connectivity index (χ0n) is 10.8. The van der Waals surface area contributed by atoms with Crippen LogP contribution in [0, 0.1) is 5.92 Å². The Morgan fingerprint density at radius 1 is 1.32 bits per heavy atom. The van der Waals surface area contributed by atoms with E-state index in [-0.39, 0.29) is 5.92 Å². The Morgan fingerprint density at radius 2 is 1.95 bits per heavy atom. The molecule has 1 aromatic rings. The van der Waals surface area contributed by atoms with Crippen molar-refractivity contribution in [3.05, 3.63) is 28.2 Å². The molecule has 0 aromatic heterocycles. The lowest BCUT2D eigenvalue weighted by molar-refractivity contribution is -0.178. The van der Waals surface area contributed by atoms with Gasteiger partial charge in [0.25, 0.3) is 0 Å². The van der Waals surface area contributed by atoms with E-state index in [2.05, 4.69) is 15.9 Å². The molecule has 0 aliphatic carbocycles. The van der Waals surface area contributed by atoms with E-state index in [1.54, 1.807) is 12.1 Å². The third-order valence-electron chi connectivity index (χ3n) is 2.78. The summed E-state index contributed by atoms with van der Waals surface area (Å²) in [4.78, 5) is 0. The number of alkyl halides is 3. The third-order valence-corrected chi connectivity index (χ3v) is 3.27. The first-order valence-corrected chi connectivity index (χ1v) is 6.74. The molecule has 108 valence electrons. The predicted octanol–water partition coefficient (Wildman–Crippen LogP) is 4.09. The minimum atomic E-state index is -4.33. The molecule has 2 N–H and O–H groups in total. The van der Waals surface area contributed by atoms with Gasteiger partial charge in [0.2, 0.25) is 0 Å². The van der Waals surface area contributed by atoms with E-state index in [4.69, 9.17) is 10.5 Å². The molecule has 0 fully saturated rings. The van der Waals surface area contributed by atoms with E-state index in [1.807, 2.05) is 19.9 Å². The lowest BCUT2D eigenvalue weighted by Crippen LogP contribution is -2.35. The molecule has 0 amide bonds. The second-order valence-electron chi connectivity index (χ2n) is 4.62. The summed E-state index contributed by atoms with van der Waals surface area (Å²) in [5, 5.41) is 0. The fourth-order valence-corrected chi connectivity index (χ4v) is 1.97. The number of nitrogens with two attached hydrogens (primary N) is 1. The van der Waals surface area contributed by atoms with Crippen molar-refractivity contribution < 1.29 is 17.9 Å². The van der Waals surface area contributed by atoms with Crippen molar-refractivity contribution in [2.24, 2.45) is 11.7 Å². The number of hydrogen-bond donors (Lipinski definition) is 1. The van der Waals surface area contributed by atoms with Crippen LogP contribution in [0.5, 0.6) is 5.75 Å². The van der Waals surface area contributed by atoms with Gasteiger partial charge in [-0.3, -0.25) is 0 Å². The summed E-state index contributed by atoms with van der Waals surface area (Å²) in [5.41, 5.74) is 6.01. The van der Waals surface area contributed by atoms with E-state index >= 15 is 0 Å². The Morgan fingerprint density at radius 3 is 2.42 bits per heavy atom. The van der Waals surface area contributed by atoms with Crippen LogP contribution in [-0.4, -0.2) is 19.3 Å². The lowest BCUT2D eigenvalue weighted by atomic mass is 10.0. The number of benzene rings is 1. The van der Waals surface area contributed by atoms with Crippen LogP contribution in [0.1, 0.15) is 25.3 Å². The van der Waals surface area contributed by atoms with Crippen molar-refractivity contribution in [3.63, 3.8) is 0 Å². The molecule has 0 aliphatic heterocycles. The molecule has 0 radical (unpaired) electrons. The van der Waals surface area contributed by atoms with Crippen molar-refractivity contribution in [2.45, 2.75) is 25.9 Å². The first-order chi connectivity index (χ1) is 8.75. The van der Waals surface area contributed by atoms with Gasteiger partial charge in [0.1, 0.15) is 18.3 Å². The van der Waals surface area contributed by atoms with Crippen LogP contribution < -0.4 is 10.5 Å². The highest BCUT2D eigenvalue weighted by Crippen LogP contribution is 2.31. The van der Waals surface area contributed by atoms with Gasteiger partial charge in [-0.25, -0.2) is 0 Å². The van der Waals surface area contributed by atoms with Crippen LogP contribution >= 0.6 is 15.9 Å². The van der Waals surface area contributed by atoms with Crippen LogP contribution in [0.4, 0.5) is 13.2 Å². The Hall–Kier alpha value is -0.750. The lowest BCUT2D eigenvalue weighted by Gasteiger charge is -2.21. The summed E-state index contributed by atoms with van der Waals surface area (Å²) in [5.74, 6) is -1.01. The van der Waals surface area contributed by atoms with Gasteiger partial charge in [0.15, 0.2) is 0 Å². The molecular weight excluding hydrogens is 323 g/mol. The van der Waals surface area contributed by atoms with Gasteiger partial charge in [-0.15, -0.1) is 0 Å². The van der Waals surface area contributed by atoms with Gasteiger partial charge in [-0.2, -0.15) is 13.2 Å². The molecule has 0 saturated carbocycles. The SMILES string of the molecule is CC(C)c1cc(Br)ccc1OCC(CN)C(F)(F)F. The Bertz CT molecular complexity index is 421. The van der Waals surface area contributed by atoms with E-state index in [9.17, 15) is 13.2 Å². The average Bonchev–Trinajstić information content (AvgIpc) is 2.29. The summed E-state index contributed by atoms with van der Waals surface area (Å²) < 4.78 is 43.9. The van der Waals surface area contributed by atoms with Crippen LogP contribution in [-0.2, 0) is 0 Å². The smallest absolute Gasteiger partial charge is 0.396 e. The zero-order valence-corrected chi connectivity index (χ0v) is 12.4. The summed E-state index contributed by atoms with van der Waals surface area (Å²) in [6.45, 7) is 2.98. The molecule has 1 unspecified atom stereocenters. The van der Waals surface area contributed by atoms with Crippen LogP contribution in [0.15, 0.2) is 22.7 Å². The summed E-state index contributed by atoms with van der Waals surface area (Å²) >= 11 is 3.33. The molecule has 0 bridgehead atoms. The topological polar surface area (TPSA) is 35.2 Å². The highest BCUT2D eigenvalue weighted by molar-refractivity contribution is 9.10. The van der Waals surface area contributed by atoms with Crippen LogP contribution in [0.25, 0.3) is 0 Å². The van der Waals surface area contributed by atoms with Gasteiger partial charge < -0.3 is 10.5 Å². The molecule has 0 spiro atoms. The monoisotopic (exact) mass is 339 g/mol. The fourth-order valence-electron chi connectivity index (χ4n) is 1.59. The maximum atomic E-state index is 12.6. The highest BCUT2D eigenvalue weighted by Gasteiger charge is 2.39. The molecule has 0 heterocycles. The van der Waals surface area contributed by atoms with Crippen LogP contribution in [0.2, 0.25) is 0 Å². The normalized spacial score (nSPS) is 13.7. The van der Waals surface area contributed by atoms with Crippen molar-refractivity contribution in [1.29, 1.82) is 0 Å². The largest absolute Gasteiger partial charge is 0.493 e. The van der Waals surface area contributed by atoms with Gasteiger partial charge in [-0.1, -0.05) is 29.8 Å². The minimum absolute atomic E-state index is 0.162. The fraction of sp³-hybridized carbons (Fsp3) is 0.538. The molecular formula is C13H17BrF3NO. The molecule has 1 rings (SSSR count). The van der Waals surface area contributed by atoms with E-state index < -0.39 is 25.2 Å². The molecule has 19 heavy (non-hydrogen) atoms. The summed E-state index contributed by atoms with van der Waals surface area (Å²) in [6, 6.07) is 5.26. The molecule has 6 heteroatoms. The zero-order chi connectivity index (χ0) is 14.6. The Balaban J connectivity index is 2.83. The van der Waals surface area contributed by atoms with Gasteiger partial charge in [-0.05, 0) is 29.7 Å². The van der Waals surface area contributed by atoms with E-state index in [1.165, 1.54) is 0 Å². The number of halogens is 4. The van der Waals surface area contributed by atoms with Gasteiger partial charge in [0, 0.05) is 11.0 Å². The third kappa shape index (κ3) is 4.69. The first-order valence-electron chi connectivity index (χ1n) is 5.94. The van der Waals surface area contributed by atoms with Crippen molar-refractivity contribution >= 4 is 15.9 Å².